The molecule has 0 aromatic rings. The lowest BCUT2D eigenvalue weighted by Gasteiger charge is -2.09. The molecule has 0 aromatic heterocycles. The summed E-state index contributed by atoms with van der Waals surface area (Å²) < 4.78 is 37.6. The molecular weight excluding hydrogens is 202 g/mol. The van der Waals surface area contributed by atoms with Gasteiger partial charge in [-0.1, -0.05) is 0 Å². The molecule has 0 saturated carbocycles. The molecule has 0 radical (unpaired) electrons. The zero-order valence-electron chi connectivity index (χ0n) is 7.51. The zero-order chi connectivity index (χ0) is 10.3. The summed E-state index contributed by atoms with van der Waals surface area (Å²) in [7, 11) is -2.36. The average molecular weight is 214 g/mol. The van der Waals surface area contributed by atoms with E-state index in [0.717, 1.165) is 14.2 Å². The van der Waals surface area contributed by atoms with Crippen LogP contribution in [0.15, 0.2) is 0 Å². The van der Waals surface area contributed by atoms with E-state index < -0.39 is 15.1 Å². The van der Waals surface area contributed by atoms with Gasteiger partial charge in [0.05, 0.1) is 13.7 Å². The molecule has 0 saturated heterocycles. The van der Waals surface area contributed by atoms with Crippen molar-refractivity contribution < 1.29 is 26.9 Å². The number of hydrogen-bond donors (Lipinski definition) is 0. The van der Waals surface area contributed by atoms with E-state index in [1.165, 1.54) is 0 Å². The van der Waals surface area contributed by atoms with Gasteiger partial charge in [-0.3, -0.25) is 0 Å². The highest BCUT2D eigenvalue weighted by Crippen LogP contribution is 2.15. The molecule has 4 nitrogen and oxygen atoms in total. The van der Waals surface area contributed by atoms with Crippen molar-refractivity contribution >= 4 is 15.1 Å². The monoisotopic (exact) mass is 214 g/mol. The van der Waals surface area contributed by atoms with Crippen molar-refractivity contribution in [3.63, 3.8) is 0 Å². The molecule has 0 N–H and O–H groups in total. The van der Waals surface area contributed by atoms with Crippen LogP contribution < -0.4 is 0 Å². The van der Waals surface area contributed by atoms with Crippen molar-refractivity contribution in [3.05, 3.63) is 0 Å². The van der Waals surface area contributed by atoms with Crippen LogP contribution in [0.25, 0.3) is 0 Å². The van der Waals surface area contributed by atoms with Crippen molar-refractivity contribution in [3.8, 4) is 0 Å². The fraction of sp³-hybridized carbons (Fsp3) is 0.833. The third-order valence-electron chi connectivity index (χ3n) is 1.30. The summed E-state index contributed by atoms with van der Waals surface area (Å²) in [6, 6.07) is -0.347. The lowest BCUT2D eigenvalue weighted by Crippen LogP contribution is -2.25. The van der Waals surface area contributed by atoms with Gasteiger partial charge in [0, 0.05) is 13.2 Å². The number of ether oxygens (including phenoxy) is 2. The molecule has 0 aromatic carbocycles. The third kappa shape index (κ3) is 6.47. The van der Waals surface area contributed by atoms with E-state index >= 15 is 0 Å². The first kappa shape index (κ1) is 12.3. The maximum atomic E-state index is 12.5. The smallest absolute Gasteiger partial charge is 0.438 e. The molecule has 0 atom stereocenters. The van der Waals surface area contributed by atoms with E-state index in [-0.39, 0.29) is 19.1 Å². The summed E-state index contributed by atoms with van der Waals surface area (Å²) >= 11 is 0. The fourth-order valence-corrected chi connectivity index (χ4v) is 1.35. The van der Waals surface area contributed by atoms with Gasteiger partial charge >= 0.3 is 15.1 Å². The van der Waals surface area contributed by atoms with E-state index in [1.807, 2.05) is 0 Å². The molecule has 0 aliphatic rings. The summed E-state index contributed by atoms with van der Waals surface area (Å²) in [4.78, 5) is 10.4. The Hall–Kier alpha value is -0.693. The lowest BCUT2D eigenvalue weighted by molar-refractivity contribution is 0.0721. The highest BCUT2D eigenvalue weighted by atomic mass is 28.4. The van der Waals surface area contributed by atoms with E-state index in [2.05, 4.69) is 13.9 Å². The SMILES string of the molecule is COC(=O)OCCC[Si](F)(F)OC. The van der Waals surface area contributed by atoms with Crippen LogP contribution in [0.3, 0.4) is 0 Å². The molecular formula is C6H12F2O4Si. The zero-order valence-corrected chi connectivity index (χ0v) is 8.51. The summed E-state index contributed by atoms with van der Waals surface area (Å²) in [5.74, 6) is 0. The Balaban J connectivity index is 3.41. The van der Waals surface area contributed by atoms with Crippen LogP contribution in [0.5, 0.6) is 0 Å². The van der Waals surface area contributed by atoms with Crippen LogP contribution in [-0.4, -0.2) is 36.0 Å². The van der Waals surface area contributed by atoms with Gasteiger partial charge in [0.1, 0.15) is 0 Å². The fourth-order valence-electron chi connectivity index (χ4n) is 0.594. The maximum Gasteiger partial charge on any atom is 0.577 e. The minimum atomic E-state index is -4.49. The second kappa shape index (κ2) is 5.87. The van der Waals surface area contributed by atoms with Crippen molar-refractivity contribution in [1.82, 2.24) is 0 Å². The highest BCUT2D eigenvalue weighted by Gasteiger charge is 2.36. The average Bonchev–Trinajstić information content (AvgIpc) is 2.12. The number of carbonyl (C=O) groups excluding carboxylic acids is 1. The molecule has 0 spiro atoms. The summed E-state index contributed by atoms with van der Waals surface area (Å²) in [6.07, 6.45) is -0.773. The predicted molar refractivity (Wildman–Crippen MR) is 42.8 cm³/mol. The molecule has 0 aliphatic heterocycles. The first-order valence-corrected chi connectivity index (χ1v) is 5.52. The second-order valence-corrected chi connectivity index (χ2v) is 4.43. The Morgan fingerprint density at radius 3 is 2.46 bits per heavy atom. The number of carbonyl (C=O) groups is 1. The lowest BCUT2D eigenvalue weighted by atomic mass is 10.5. The third-order valence-corrected chi connectivity index (χ3v) is 2.83. The standard InChI is InChI=1S/C6H12F2O4Si/c1-10-6(9)12-4-3-5-13(7,8)11-2/h3-5H2,1-2H3. The molecule has 0 amide bonds. The van der Waals surface area contributed by atoms with Crippen LogP contribution in [0, 0.1) is 0 Å². The van der Waals surface area contributed by atoms with Crippen molar-refractivity contribution in [2.75, 3.05) is 20.8 Å². The van der Waals surface area contributed by atoms with Gasteiger partial charge in [-0.15, -0.1) is 0 Å². The second-order valence-electron chi connectivity index (χ2n) is 2.25. The number of halogens is 2. The van der Waals surface area contributed by atoms with Crippen LogP contribution in [-0.2, 0) is 13.9 Å². The topological polar surface area (TPSA) is 44.8 Å². The minimum Gasteiger partial charge on any atom is -0.438 e. The van der Waals surface area contributed by atoms with E-state index in [4.69, 9.17) is 0 Å². The molecule has 0 heterocycles. The van der Waals surface area contributed by atoms with Gasteiger partial charge in [0.2, 0.25) is 0 Å². The summed E-state index contributed by atoms with van der Waals surface area (Å²) in [5, 5.41) is 0. The van der Waals surface area contributed by atoms with Gasteiger partial charge < -0.3 is 13.9 Å². The molecule has 0 bridgehead atoms. The molecule has 13 heavy (non-hydrogen) atoms. The van der Waals surface area contributed by atoms with E-state index in [1.54, 1.807) is 0 Å². The number of rotatable bonds is 5. The van der Waals surface area contributed by atoms with Crippen molar-refractivity contribution in [2.24, 2.45) is 0 Å². The minimum absolute atomic E-state index is 0.0708. The van der Waals surface area contributed by atoms with Gasteiger partial charge in [-0.05, 0) is 6.42 Å². The van der Waals surface area contributed by atoms with Crippen LogP contribution in [0.4, 0.5) is 13.0 Å². The molecule has 0 unspecified atom stereocenters. The van der Waals surface area contributed by atoms with E-state index in [9.17, 15) is 13.0 Å². The molecule has 0 aliphatic carbocycles. The van der Waals surface area contributed by atoms with Crippen molar-refractivity contribution in [2.45, 2.75) is 12.5 Å². The normalized spacial score (nSPS) is 11.1. The Morgan fingerprint density at radius 2 is 2.00 bits per heavy atom. The van der Waals surface area contributed by atoms with E-state index in [0.29, 0.717) is 0 Å². The van der Waals surface area contributed by atoms with Crippen LogP contribution >= 0.6 is 0 Å². The number of methoxy groups -OCH3 is 1. The van der Waals surface area contributed by atoms with Crippen molar-refractivity contribution in [1.29, 1.82) is 0 Å². The van der Waals surface area contributed by atoms with Crippen LogP contribution in [0.1, 0.15) is 6.42 Å². The highest BCUT2D eigenvalue weighted by molar-refractivity contribution is 6.59. The van der Waals surface area contributed by atoms with Gasteiger partial charge in [0.25, 0.3) is 0 Å². The Morgan fingerprint density at radius 1 is 1.38 bits per heavy atom. The quantitative estimate of drug-likeness (QED) is 0.302. The molecule has 7 heteroatoms. The Kier molecular flexibility index (Phi) is 5.56. The predicted octanol–water partition coefficient (Wildman–Crippen LogP) is 1.68. The first-order chi connectivity index (χ1) is 6.02. The van der Waals surface area contributed by atoms with Gasteiger partial charge in [0.15, 0.2) is 0 Å². The van der Waals surface area contributed by atoms with Gasteiger partial charge in [-0.2, -0.15) is 0 Å². The number of hydrogen-bond acceptors (Lipinski definition) is 4. The Labute approximate surface area is 76.2 Å². The summed E-state index contributed by atoms with van der Waals surface area (Å²) in [6.45, 7) is -0.0708. The molecule has 0 fully saturated rings. The molecule has 78 valence electrons. The van der Waals surface area contributed by atoms with Gasteiger partial charge in [-0.25, -0.2) is 13.0 Å². The Bertz CT molecular complexity index is 165. The van der Waals surface area contributed by atoms with Crippen LogP contribution in [0.2, 0.25) is 6.04 Å². The first-order valence-electron chi connectivity index (χ1n) is 3.65. The summed E-state index contributed by atoms with van der Waals surface area (Å²) in [5.41, 5.74) is 0. The molecule has 0 rings (SSSR count). The largest absolute Gasteiger partial charge is 0.577 e. The maximum absolute atomic E-state index is 12.5.